The maximum Gasteiger partial charge on any atom is 0.0645 e. The molecule has 0 atom stereocenters. The number of morpholine rings is 1. The maximum atomic E-state index is 5.31. The van der Waals surface area contributed by atoms with Crippen molar-refractivity contribution < 1.29 is 4.74 Å². The Balaban J connectivity index is 0. The lowest BCUT2D eigenvalue weighted by Gasteiger charge is -2.39. The Hall–Kier alpha value is -0.0800. The molecule has 82 valence electrons. The summed E-state index contributed by atoms with van der Waals surface area (Å²) in [6.45, 7) is 15.2. The highest BCUT2D eigenvalue weighted by Crippen LogP contribution is 2.15. The first-order valence-corrected chi connectivity index (χ1v) is 5.42. The average Bonchev–Trinajstić information content (AvgIpc) is 2.17. The molecular weight excluding hydrogens is 162 g/mol. The topological polar surface area (TPSA) is 12.5 Å². The van der Waals surface area contributed by atoms with Crippen molar-refractivity contribution in [1.82, 2.24) is 4.90 Å². The number of hydrogen-bond donors (Lipinski definition) is 0. The summed E-state index contributed by atoms with van der Waals surface area (Å²) in [6.07, 6.45) is 0. The first-order chi connectivity index (χ1) is 6.13. The summed E-state index contributed by atoms with van der Waals surface area (Å²) in [5.74, 6) is 0. The van der Waals surface area contributed by atoms with Crippen LogP contribution >= 0.6 is 0 Å². The first-order valence-electron chi connectivity index (χ1n) is 5.42. The molecule has 1 aliphatic heterocycles. The molecule has 1 aliphatic rings. The molecule has 1 heterocycles. The minimum absolute atomic E-state index is 0.248. The van der Waals surface area contributed by atoms with E-state index in [1.807, 2.05) is 27.7 Å². The SMILES string of the molecule is CC.CC.CN1CCOCC1(C)C. The molecule has 0 aliphatic carbocycles. The molecule has 2 nitrogen and oxygen atoms in total. The van der Waals surface area contributed by atoms with Gasteiger partial charge in [-0.15, -0.1) is 0 Å². The molecule has 1 fully saturated rings. The van der Waals surface area contributed by atoms with Gasteiger partial charge in [-0.05, 0) is 20.9 Å². The second-order valence-corrected chi connectivity index (χ2v) is 3.29. The zero-order valence-corrected chi connectivity index (χ0v) is 10.5. The predicted octanol–water partition coefficient (Wildman–Crippen LogP) is 2.78. The van der Waals surface area contributed by atoms with Gasteiger partial charge in [0.2, 0.25) is 0 Å². The van der Waals surface area contributed by atoms with E-state index >= 15 is 0 Å². The summed E-state index contributed by atoms with van der Waals surface area (Å²) in [7, 11) is 2.14. The van der Waals surface area contributed by atoms with E-state index in [0.717, 1.165) is 19.8 Å². The zero-order chi connectivity index (χ0) is 10.9. The minimum atomic E-state index is 0.248. The van der Waals surface area contributed by atoms with Crippen molar-refractivity contribution in [1.29, 1.82) is 0 Å². The van der Waals surface area contributed by atoms with E-state index < -0.39 is 0 Å². The summed E-state index contributed by atoms with van der Waals surface area (Å²) in [5.41, 5.74) is 0.248. The molecule has 0 unspecified atom stereocenters. The molecule has 0 spiro atoms. The van der Waals surface area contributed by atoms with E-state index in [9.17, 15) is 0 Å². The molecule has 13 heavy (non-hydrogen) atoms. The minimum Gasteiger partial charge on any atom is -0.378 e. The monoisotopic (exact) mass is 189 g/mol. The second kappa shape index (κ2) is 8.52. The summed E-state index contributed by atoms with van der Waals surface area (Å²) >= 11 is 0. The van der Waals surface area contributed by atoms with E-state index in [0.29, 0.717) is 0 Å². The van der Waals surface area contributed by atoms with Crippen molar-refractivity contribution in [2.75, 3.05) is 26.8 Å². The van der Waals surface area contributed by atoms with Crippen LogP contribution in [0.4, 0.5) is 0 Å². The lowest BCUT2D eigenvalue weighted by Crippen LogP contribution is -2.50. The van der Waals surface area contributed by atoms with Crippen LogP contribution in [0.25, 0.3) is 0 Å². The van der Waals surface area contributed by atoms with Crippen molar-refractivity contribution in [3.8, 4) is 0 Å². The highest BCUT2D eigenvalue weighted by atomic mass is 16.5. The lowest BCUT2D eigenvalue weighted by molar-refractivity contribution is -0.0372. The van der Waals surface area contributed by atoms with Crippen LogP contribution in [0.5, 0.6) is 0 Å². The lowest BCUT2D eigenvalue weighted by atomic mass is 10.0. The van der Waals surface area contributed by atoms with E-state index in [4.69, 9.17) is 4.74 Å². The average molecular weight is 189 g/mol. The number of ether oxygens (including phenoxy) is 1. The van der Waals surface area contributed by atoms with Gasteiger partial charge in [0.15, 0.2) is 0 Å². The van der Waals surface area contributed by atoms with Crippen molar-refractivity contribution in [2.45, 2.75) is 47.1 Å². The molecule has 0 radical (unpaired) electrons. The van der Waals surface area contributed by atoms with Crippen LogP contribution in [0, 0.1) is 0 Å². The molecule has 0 amide bonds. The summed E-state index contributed by atoms with van der Waals surface area (Å²) in [6, 6.07) is 0. The largest absolute Gasteiger partial charge is 0.378 e. The highest BCUT2D eigenvalue weighted by Gasteiger charge is 2.26. The summed E-state index contributed by atoms with van der Waals surface area (Å²) in [5, 5.41) is 0. The fourth-order valence-electron chi connectivity index (χ4n) is 0.936. The van der Waals surface area contributed by atoms with Gasteiger partial charge in [0, 0.05) is 12.1 Å². The maximum absolute atomic E-state index is 5.31. The van der Waals surface area contributed by atoms with E-state index in [-0.39, 0.29) is 5.54 Å². The molecule has 0 saturated carbocycles. The smallest absolute Gasteiger partial charge is 0.0645 e. The molecule has 0 aromatic heterocycles. The van der Waals surface area contributed by atoms with Gasteiger partial charge in [-0.1, -0.05) is 27.7 Å². The Kier molecular flexibility index (Phi) is 10.1. The summed E-state index contributed by atoms with van der Waals surface area (Å²) < 4.78 is 5.31. The number of nitrogens with zero attached hydrogens (tertiary/aromatic N) is 1. The molecule has 1 rings (SSSR count). The fraction of sp³-hybridized carbons (Fsp3) is 1.00. The molecule has 0 N–H and O–H groups in total. The molecule has 2 heteroatoms. The van der Waals surface area contributed by atoms with Crippen LogP contribution in [0.2, 0.25) is 0 Å². The molecule has 1 saturated heterocycles. The predicted molar refractivity (Wildman–Crippen MR) is 60.2 cm³/mol. The van der Waals surface area contributed by atoms with E-state index in [1.54, 1.807) is 0 Å². The molecule has 0 bridgehead atoms. The zero-order valence-electron chi connectivity index (χ0n) is 10.5. The normalized spacial score (nSPS) is 20.5. The highest BCUT2D eigenvalue weighted by molar-refractivity contribution is 4.81. The van der Waals surface area contributed by atoms with Gasteiger partial charge in [0.25, 0.3) is 0 Å². The third kappa shape index (κ3) is 6.05. The third-order valence-corrected chi connectivity index (χ3v) is 2.06. The van der Waals surface area contributed by atoms with Crippen LogP contribution in [0.3, 0.4) is 0 Å². The molecular formula is C11H27NO. The standard InChI is InChI=1S/C7H15NO.2C2H6/c1-7(2)6-9-5-4-8(7)3;2*1-2/h4-6H2,1-3H3;2*1-2H3. The van der Waals surface area contributed by atoms with E-state index in [2.05, 4.69) is 25.8 Å². The van der Waals surface area contributed by atoms with Crippen molar-refractivity contribution >= 4 is 0 Å². The van der Waals surface area contributed by atoms with E-state index in [1.165, 1.54) is 0 Å². The van der Waals surface area contributed by atoms with Crippen LogP contribution in [0.15, 0.2) is 0 Å². The fourth-order valence-corrected chi connectivity index (χ4v) is 0.936. The van der Waals surface area contributed by atoms with Crippen molar-refractivity contribution in [3.63, 3.8) is 0 Å². The third-order valence-electron chi connectivity index (χ3n) is 2.06. The quantitative estimate of drug-likeness (QED) is 0.581. The van der Waals surface area contributed by atoms with Gasteiger partial charge in [0.1, 0.15) is 0 Å². The van der Waals surface area contributed by atoms with Gasteiger partial charge in [-0.3, -0.25) is 4.90 Å². The second-order valence-electron chi connectivity index (χ2n) is 3.29. The van der Waals surface area contributed by atoms with Crippen molar-refractivity contribution in [3.05, 3.63) is 0 Å². The molecule has 0 aromatic carbocycles. The number of likely N-dealkylation sites (N-methyl/N-ethyl adjacent to an activating group) is 1. The number of hydrogen-bond acceptors (Lipinski definition) is 2. The van der Waals surface area contributed by atoms with Crippen LogP contribution in [-0.2, 0) is 4.74 Å². The van der Waals surface area contributed by atoms with Crippen LogP contribution in [0.1, 0.15) is 41.5 Å². The Morgan fingerprint density at radius 3 is 1.77 bits per heavy atom. The first kappa shape index (κ1) is 15.4. The number of rotatable bonds is 0. The van der Waals surface area contributed by atoms with Gasteiger partial charge in [-0.25, -0.2) is 0 Å². The van der Waals surface area contributed by atoms with Crippen LogP contribution in [-0.4, -0.2) is 37.2 Å². The Morgan fingerprint density at radius 1 is 1.08 bits per heavy atom. The Bertz CT molecular complexity index is 102. The van der Waals surface area contributed by atoms with Gasteiger partial charge < -0.3 is 4.74 Å². The summed E-state index contributed by atoms with van der Waals surface area (Å²) in [4.78, 5) is 2.33. The van der Waals surface area contributed by atoms with Crippen LogP contribution < -0.4 is 0 Å². The Morgan fingerprint density at radius 2 is 1.54 bits per heavy atom. The van der Waals surface area contributed by atoms with Gasteiger partial charge >= 0.3 is 0 Å². The Labute approximate surface area is 84.3 Å². The molecule has 0 aromatic rings. The van der Waals surface area contributed by atoms with Gasteiger partial charge in [-0.2, -0.15) is 0 Å². The van der Waals surface area contributed by atoms with Gasteiger partial charge in [0.05, 0.1) is 13.2 Å². The van der Waals surface area contributed by atoms with Crippen molar-refractivity contribution in [2.24, 2.45) is 0 Å².